The quantitative estimate of drug-likeness (QED) is 0.740. The lowest BCUT2D eigenvalue weighted by atomic mass is 9.77. The number of nitrogen functional groups attached to an aromatic ring is 1. The Morgan fingerprint density at radius 3 is 2.75 bits per heavy atom. The molecular formula is C15H21BrN2O2. The fraction of sp³-hybridized carbons (Fsp3) is 0.533. The maximum absolute atomic E-state index is 12.4. The Balaban J connectivity index is 2.15. The average Bonchev–Trinajstić information content (AvgIpc) is 2.44. The zero-order valence-electron chi connectivity index (χ0n) is 11.7. The molecule has 1 aromatic rings. The molecule has 1 aliphatic carbocycles. The largest absolute Gasteiger partial charge is 0.398 e. The first kappa shape index (κ1) is 15.3. The van der Waals surface area contributed by atoms with Crippen LogP contribution in [0.25, 0.3) is 0 Å². The van der Waals surface area contributed by atoms with Gasteiger partial charge in [0.2, 0.25) is 0 Å². The van der Waals surface area contributed by atoms with E-state index in [0.29, 0.717) is 17.2 Å². The van der Waals surface area contributed by atoms with Gasteiger partial charge < -0.3 is 16.2 Å². The van der Waals surface area contributed by atoms with Gasteiger partial charge in [0.15, 0.2) is 0 Å². The average molecular weight is 341 g/mol. The number of aliphatic hydroxyl groups excluding tert-OH is 1. The summed E-state index contributed by atoms with van der Waals surface area (Å²) in [6.45, 7) is 2.18. The molecule has 0 radical (unpaired) electrons. The van der Waals surface area contributed by atoms with E-state index in [1.807, 2.05) is 0 Å². The van der Waals surface area contributed by atoms with Gasteiger partial charge in [-0.3, -0.25) is 4.79 Å². The number of hydrogen-bond acceptors (Lipinski definition) is 3. The normalized spacial score (nSPS) is 26.2. The van der Waals surface area contributed by atoms with Gasteiger partial charge in [0.25, 0.3) is 5.91 Å². The van der Waals surface area contributed by atoms with E-state index >= 15 is 0 Å². The van der Waals surface area contributed by atoms with Crippen molar-refractivity contribution in [2.24, 2.45) is 5.92 Å². The van der Waals surface area contributed by atoms with Crippen molar-refractivity contribution < 1.29 is 9.90 Å². The Labute approximate surface area is 127 Å². The van der Waals surface area contributed by atoms with E-state index < -0.39 is 5.54 Å². The van der Waals surface area contributed by atoms with Crippen LogP contribution in [0.5, 0.6) is 0 Å². The van der Waals surface area contributed by atoms with E-state index in [9.17, 15) is 9.90 Å². The second-order valence-electron chi connectivity index (χ2n) is 5.81. The van der Waals surface area contributed by atoms with Crippen LogP contribution in [0.2, 0.25) is 0 Å². The van der Waals surface area contributed by atoms with Crippen LogP contribution in [0.4, 0.5) is 5.69 Å². The van der Waals surface area contributed by atoms with Crippen LogP contribution in [0, 0.1) is 5.92 Å². The van der Waals surface area contributed by atoms with Crippen molar-refractivity contribution in [3.8, 4) is 0 Å². The molecule has 20 heavy (non-hydrogen) atoms. The molecule has 1 aliphatic rings. The summed E-state index contributed by atoms with van der Waals surface area (Å²) < 4.78 is 0.812. The number of rotatable bonds is 3. The second-order valence-corrected chi connectivity index (χ2v) is 6.72. The van der Waals surface area contributed by atoms with Crippen molar-refractivity contribution >= 4 is 27.5 Å². The third kappa shape index (κ3) is 3.33. The maximum Gasteiger partial charge on any atom is 0.253 e. The highest BCUT2D eigenvalue weighted by Gasteiger charge is 2.35. The molecule has 1 saturated carbocycles. The first-order chi connectivity index (χ1) is 9.46. The lowest BCUT2D eigenvalue weighted by molar-refractivity contribution is 0.0718. The van der Waals surface area contributed by atoms with Crippen molar-refractivity contribution in [2.45, 2.75) is 38.1 Å². The molecule has 0 spiro atoms. The highest BCUT2D eigenvalue weighted by molar-refractivity contribution is 9.10. The number of anilines is 1. The van der Waals surface area contributed by atoms with E-state index in [1.54, 1.807) is 18.2 Å². The summed E-state index contributed by atoms with van der Waals surface area (Å²) in [7, 11) is 0. The third-order valence-corrected chi connectivity index (χ3v) is 4.67. The second kappa shape index (κ2) is 6.14. The van der Waals surface area contributed by atoms with Gasteiger partial charge in [-0.15, -0.1) is 0 Å². The zero-order chi connectivity index (χ0) is 14.8. The van der Waals surface area contributed by atoms with E-state index in [0.717, 1.165) is 30.2 Å². The molecule has 5 heteroatoms. The van der Waals surface area contributed by atoms with Crippen LogP contribution < -0.4 is 11.1 Å². The van der Waals surface area contributed by atoms with Crippen molar-refractivity contribution in [2.75, 3.05) is 12.3 Å². The van der Waals surface area contributed by atoms with Crippen LogP contribution in [0.15, 0.2) is 22.7 Å². The van der Waals surface area contributed by atoms with Gasteiger partial charge in [-0.1, -0.05) is 22.9 Å². The molecule has 0 atom stereocenters. The predicted octanol–water partition coefficient (Wildman–Crippen LogP) is 2.70. The van der Waals surface area contributed by atoms with Crippen molar-refractivity contribution in [3.63, 3.8) is 0 Å². The summed E-state index contributed by atoms with van der Waals surface area (Å²) in [6, 6.07) is 5.21. The Morgan fingerprint density at radius 1 is 1.50 bits per heavy atom. The van der Waals surface area contributed by atoms with Crippen LogP contribution in [0.3, 0.4) is 0 Å². The number of nitrogens with two attached hydrogens (primary N) is 1. The Morgan fingerprint density at radius 2 is 2.15 bits per heavy atom. The standard InChI is InChI=1S/C15H21BrN2O2/c1-10-4-6-15(9-19,7-5-10)18-14(20)12-8-11(16)2-3-13(12)17/h2-3,8,10,19H,4-7,9,17H2,1H3,(H,18,20). The minimum atomic E-state index is -0.502. The summed E-state index contributed by atoms with van der Waals surface area (Å²) in [5, 5.41) is 12.7. The smallest absolute Gasteiger partial charge is 0.253 e. The first-order valence-electron chi connectivity index (χ1n) is 6.94. The van der Waals surface area contributed by atoms with Crippen LogP contribution in [0.1, 0.15) is 43.0 Å². The van der Waals surface area contributed by atoms with Gasteiger partial charge in [-0.05, 0) is 49.8 Å². The number of carbonyl (C=O) groups is 1. The number of hydrogen-bond donors (Lipinski definition) is 3. The van der Waals surface area contributed by atoms with E-state index in [4.69, 9.17) is 5.73 Å². The first-order valence-corrected chi connectivity index (χ1v) is 7.73. The molecule has 1 aromatic carbocycles. The van der Waals surface area contributed by atoms with Gasteiger partial charge in [0, 0.05) is 10.2 Å². The monoisotopic (exact) mass is 340 g/mol. The van der Waals surface area contributed by atoms with Crippen LogP contribution in [-0.2, 0) is 0 Å². The number of carbonyl (C=O) groups excluding carboxylic acids is 1. The molecule has 110 valence electrons. The fourth-order valence-electron chi connectivity index (χ4n) is 2.67. The number of aliphatic hydroxyl groups is 1. The highest BCUT2D eigenvalue weighted by Crippen LogP contribution is 2.32. The molecule has 0 aromatic heterocycles. The molecule has 1 amide bonds. The van der Waals surface area contributed by atoms with Gasteiger partial charge in [0.1, 0.15) is 0 Å². The Bertz CT molecular complexity index is 497. The lowest BCUT2D eigenvalue weighted by Crippen LogP contribution is -2.53. The minimum absolute atomic E-state index is 0.0284. The summed E-state index contributed by atoms with van der Waals surface area (Å²) in [6.07, 6.45) is 3.66. The van der Waals surface area contributed by atoms with Crippen molar-refractivity contribution in [1.29, 1.82) is 0 Å². The molecule has 0 heterocycles. The van der Waals surface area contributed by atoms with Gasteiger partial charge in [-0.2, -0.15) is 0 Å². The summed E-state index contributed by atoms with van der Waals surface area (Å²) >= 11 is 3.34. The highest BCUT2D eigenvalue weighted by atomic mass is 79.9. The molecule has 0 bridgehead atoms. The zero-order valence-corrected chi connectivity index (χ0v) is 13.2. The predicted molar refractivity (Wildman–Crippen MR) is 83.5 cm³/mol. The summed E-state index contributed by atoms with van der Waals surface area (Å²) in [4.78, 5) is 12.4. The summed E-state index contributed by atoms with van der Waals surface area (Å²) in [5.41, 5.74) is 6.25. The van der Waals surface area contributed by atoms with E-state index in [1.165, 1.54) is 0 Å². The third-order valence-electron chi connectivity index (χ3n) is 4.17. The molecule has 4 N–H and O–H groups in total. The number of amides is 1. The van der Waals surface area contributed by atoms with Gasteiger partial charge >= 0.3 is 0 Å². The Kier molecular flexibility index (Phi) is 4.70. The molecule has 4 nitrogen and oxygen atoms in total. The van der Waals surface area contributed by atoms with Crippen molar-refractivity contribution in [3.05, 3.63) is 28.2 Å². The number of halogens is 1. The SMILES string of the molecule is CC1CCC(CO)(NC(=O)c2cc(Br)ccc2N)CC1. The maximum atomic E-state index is 12.4. The minimum Gasteiger partial charge on any atom is -0.398 e. The molecule has 0 aliphatic heterocycles. The van der Waals surface area contributed by atoms with Crippen molar-refractivity contribution in [1.82, 2.24) is 5.32 Å². The van der Waals surface area contributed by atoms with Crippen LogP contribution >= 0.6 is 15.9 Å². The van der Waals surface area contributed by atoms with Gasteiger partial charge in [0.05, 0.1) is 17.7 Å². The fourth-order valence-corrected chi connectivity index (χ4v) is 3.03. The number of benzene rings is 1. The molecule has 1 fully saturated rings. The van der Waals surface area contributed by atoms with Crippen LogP contribution in [-0.4, -0.2) is 23.2 Å². The molecule has 0 saturated heterocycles. The summed E-state index contributed by atoms with van der Waals surface area (Å²) in [5.74, 6) is 0.440. The number of nitrogens with one attached hydrogen (secondary N) is 1. The van der Waals surface area contributed by atoms with Gasteiger partial charge in [-0.25, -0.2) is 0 Å². The molecule has 0 unspecified atom stereocenters. The van der Waals surface area contributed by atoms with E-state index in [2.05, 4.69) is 28.2 Å². The molecular weight excluding hydrogens is 320 g/mol. The molecule has 2 rings (SSSR count). The Hall–Kier alpha value is -1.07. The topological polar surface area (TPSA) is 75.3 Å². The van der Waals surface area contributed by atoms with E-state index in [-0.39, 0.29) is 12.5 Å². The lowest BCUT2D eigenvalue weighted by Gasteiger charge is -2.38.